The lowest BCUT2D eigenvalue weighted by Crippen LogP contribution is -2.52. The van der Waals surface area contributed by atoms with Gasteiger partial charge in [0, 0.05) is 12.3 Å². The Morgan fingerprint density at radius 2 is 1.18 bits per heavy atom. The molecule has 6 N–H and O–H groups in total. The molecule has 3 aromatic rings. The van der Waals surface area contributed by atoms with Crippen LogP contribution in [0.15, 0.2) is 78.9 Å². The van der Waals surface area contributed by atoms with Crippen LogP contribution in [0.1, 0.15) is 22.6 Å². The molecule has 0 heterocycles. The second kappa shape index (κ2) is 15.7. The van der Waals surface area contributed by atoms with E-state index in [4.69, 9.17) is 9.84 Å². The van der Waals surface area contributed by atoms with Crippen molar-refractivity contribution in [3.05, 3.63) is 95.6 Å². The van der Waals surface area contributed by atoms with Gasteiger partial charge in [0.15, 0.2) is 0 Å². The molecule has 0 saturated heterocycles. The maximum absolute atomic E-state index is 12.8. The average molecular weight is 616 g/mol. The zero-order valence-corrected chi connectivity index (χ0v) is 24.2. The summed E-state index contributed by atoms with van der Waals surface area (Å²) >= 11 is 0. The number of benzene rings is 3. The summed E-state index contributed by atoms with van der Waals surface area (Å²) in [5, 5.41) is 20.4. The zero-order chi connectivity index (χ0) is 32.2. The van der Waals surface area contributed by atoms with Gasteiger partial charge in [-0.25, -0.2) is 4.79 Å². The fourth-order valence-electron chi connectivity index (χ4n) is 4.87. The van der Waals surface area contributed by atoms with Gasteiger partial charge in [0.2, 0.25) is 23.6 Å². The molecular weight excluding hydrogens is 582 g/mol. The van der Waals surface area contributed by atoms with Gasteiger partial charge >= 0.3 is 12.1 Å². The number of alkyl carbamates (subject to hydrolysis) is 1. The van der Waals surface area contributed by atoms with Crippen molar-refractivity contribution in [3.8, 4) is 11.1 Å². The van der Waals surface area contributed by atoms with Crippen LogP contribution in [0.4, 0.5) is 4.79 Å². The maximum Gasteiger partial charge on any atom is 0.407 e. The highest BCUT2D eigenvalue weighted by Crippen LogP contribution is 2.44. The molecular formula is C32H33N5O8. The Hall–Kier alpha value is -5.72. The van der Waals surface area contributed by atoms with E-state index in [0.29, 0.717) is 0 Å². The van der Waals surface area contributed by atoms with Crippen molar-refractivity contribution in [2.24, 2.45) is 0 Å². The number of ether oxygens (including phenoxy) is 1. The van der Waals surface area contributed by atoms with Gasteiger partial charge in [0.05, 0.1) is 13.1 Å². The molecule has 1 unspecified atom stereocenters. The first-order valence-corrected chi connectivity index (χ1v) is 14.2. The number of fused-ring (bicyclic) bond motifs is 3. The van der Waals surface area contributed by atoms with E-state index in [2.05, 4.69) is 26.6 Å². The number of rotatable bonds is 14. The minimum Gasteiger partial charge on any atom is -0.480 e. The largest absolute Gasteiger partial charge is 0.480 e. The van der Waals surface area contributed by atoms with Crippen LogP contribution >= 0.6 is 0 Å². The van der Waals surface area contributed by atoms with Crippen LogP contribution < -0.4 is 26.6 Å². The van der Waals surface area contributed by atoms with Crippen LogP contribution in [0, 0.1) is 0 Å². The highest BCUT2D eigenvalue weighted by atomic mass is 16.5. The monoisotopic (exact) mass is 615 g/mol. The smallest absolute Gasteiger partial charge is 0.407 e. The molecule has 0 spiro atoms. The number of aliphatic carboxylic acids is 1. The van der Waals surface area contributed by atoms with E-state index in [9.17, 15) is 28.8 Å². The van der Waals surface area contributed by atoms with Crippen LogP contribution in [0.2, 0.25) is 0 Å². The SMILES string of the molecule is O=C(O)CNC(=O)CNC(=O)C(Cc1ccccc1)NC(=O)CNC(=O)CNC(=O)OCC1c2ccccc2-c2ccccc21. The number of hydrogen-bond donors (Lipinski definition) is 6. The number of nitrogens with one attached hydrogen (secondary N) is 5. The summed E-state index contributed by atoms with van der Waals surface area (Å²) < 4.78 is 5.41. The van der Waals surface area contributed by atoms with Gasteiger partial charge in [-0.2, -0.15) is 0 Å². The van der Waals surface area contributed by atoms with Crippen LogP contribution in [-0.4, -0.2) is 79.6 Å². The second-order valence-electron chi connectivity index (χ2n) is 10.2. The van der Waals surface area contributed by atoms with Crippen molar-refractivity contribution in [1.29, 1.82) is 0 Å². The van der Waals surface area contributed by atoms with E-state index in [1.165, 1.54) is 0 Å². The zero-order valence-electron chi connectivity index (χ0n) is 24.2. The molecule has 234 valence electrons. The average Bonchev–Trinajstić information content (AvgIpc) is 3.37. The number of hydrogen-bond acceptors (Lipinski definition) is 7. The molecule has 0 aliphatic heterocycles. The maximum atomic E-state index is 12.8. The Balaban J connectivity index is 1.21. The van der Waals surface area contributed by atoms with E-state index in [0.717, 1.165) is 27.8 Å². The van der Waals surface area contributed by atoms with Gasteiger partial charge in [-0.15, -0.1) is 0 Å². The molecule has 4 rings (SSSR count). The molecule has 13 heteroatoms. The molecule has 0 radical (unpaired) electrons. The van der Waals surface area contributed by atoms with Crippen LogP contribution in [-0.2, 0) is 35.1 Å². The predicted octanol–water partition coefficient (Wildman–Crippen LogP) is 0.686. The molecule has 0 saturated carbocycles. The van der Waals surface area contributed by atoms with Gasteiger partial charge in [-0.05, 0) is 27.8 Å². The third-order valence-corrected chi connectivity index (χ3v) is 6.98. The summed E-state index contributed by atoms with van der Waals surface area (Å²) in [5.74, 6) is -4.11. The van der Waals surface area contributed by atoms with Crippen molar-refractivity contribution < 1.29 is 38.6 Å². The molecule has 0 aromatic heterocycles. The summed E-state index contributed by atoms with van der Waals surface area (Å²) in [4.78, 5) is 72.4. The van der Waals surface area contributed by atoms with E-state index in [1.807, 2.05) is 48.5 Å². The Labute approximate surface area is 258 Å². The first-order valence-electron chi connectivity index (χ1n) is 14.2. The number of carboxylic acid groups (broad SMARTS) is 1. The van der Waals surface area contributed by atoms with Crippen molar-refractivity contribution in [3.63, 3.8) is 0 Å². The van der Waals surface area contributed by atoms with Crippen molar-refractivity contribution in [1.82, 2.24) is 26.6 Å². The standard InChI is InChI=1S/C32H33N5O8/c38-27(34-18-30(41)42)15-35-31(43)26(14-20-8-2-1-3-9-20)37-29(40)17-33-28(39)16-36-32(44)45-19-25-23-12-6-4-10-21(23)22-11-5-7-13-24(22)25/h1-13,25-26H,14-19H2,(H,33,39)(H,34,38)(H,35,43)(H,36,44)(H,37,40)(H,41,42). The van der Waals surface area contributed by atoms with E-state index >= 15 is 0 Å². The lowest BCUT2D eigenvalue weighted by Gasteiger charge is -2.19. The summed E-state index contributed by atoms with van der Waals surface area (Å²) in [6.07, 6.45) is -0.699. The van der Waals surface area contributed by atoms with Gasteiger partial charge < -0.3 is 36.4 Å². The molecule has 3 aromatic carbocycles. The van der Waals surface area contributed by atoms with Crippen molar-refractivity contribution in [2.45, 2.75) is 18.4 Å². The molecule has 1 atom stereocenters. The summed E-state index contributed by atoms with van der Waals surface area (Å²) in [6, 6.07) is 23.5. The number of carbonyl (C=O) groups is 6. The van der Waals surface area contributed by atoms with Crippen LogP contribution in [0.25, 0.3) is 11.1 Å². The molecule has 5 amide bonds. The topological polar surface area (TPSA) is 192 Å². The third kappa shape index (κ3) is 9.38. The lowest BCUT2D eigenvalue weighted by atomic mass is 9.98. The van der Waals surface area contributed by atoms with Gasteiger partial charge in [-0.3, -0.25) is 24.0 Å². The van der Waals surface area contributed by atoms with E-state index < -0.39 is 67.9 Å². The first kappa shape index (κ1) is 32.2. The van der Waals surface area contributed by atoms with Gasteiger partial charge in [0.25, 0.3) is 0 Å². The number of amides is 5. The van der Waals surface area contributed by atoms with Crippen LogP contribution in [0.5, 0.6) is 0 Å². The third-order valence-electron chi connectivity index (χ3n) is 6.98. The Morgan fingerprint density at radius 1 is 0.644 bits per heavy atom. The minimum absolute atomic E-state index is 0.0793. The van der Waals surface area contributed by atoms with E-state index in [-0.39, 0.29) is 18.9 Å². The lowest BCUT2D eigenvalue weighted by molar-refractivity contribution is -0.138. The number of carboxylic acids is 1. The van der Waals surface area contributed by atoms with Crippen molar-refractivity contribution >= 4 is 35.7 Å². The quantitative estimate of drug-likeness (QED) is 0.153. The molecule has 0 bridgehead atoms. The molecule has 1 aliphatic carbocycles. The Bertz CT molecular complexity index is 1520. The fraction of sp³-hybridized carbons (Fsp3) is 0.250. The summed E-state index contributed by atoms with van der Waals surface area (Å²) in [6.45, 7) is -1.94. The second-order valence-corrected chi connectivity index (χ2v) is 10.2. The summed E-state index contributed by atoms with van der Waals surface area (Å²) in [5.41, 5.74) is 5.01. The number of carbonyl (C=O) groups excluding carboxylic acids is 5. The van der Waals surface area contributed by atoms with Crippen molar-refractivity contribution in [2.75, 3.05) is 32.8 Å². The highest BCUT2D eigenvalue weighted by molar-refractivity contribution is 5.93. The first-order chi connectivity index (χ1) is 21.7. The van der Waals surface area contributed by atoms with Gasteiger partial charge in [-0.1, -0.05) is 78.9 Å². The highest BCUT2D eigenvalue weighted by Gasteiger charge is 2.29. The fourth-order valence-corrected chi connectivity index (χ4v) is 4.87. The minimum atomic E-state index is -1.24. The summed E-state index contributed by atoms with van der Waals surface area (Å²) in [7, 11) is 0. The normalized spacial score (nSPS) is 12.1. The molecule has 13 nitrogen and oxygen atoms in total. The Morgan fingerprint density at radius 3 is 1.80 bits per heavy atom. The van der Waals surface area contributed by atoms with E-state index in [1.54, 1.807) is 30.3 Å². The van der Waals surface area contributed by atoms with Gasteiger partial charge in [0.1, 0.15) is 25.7 Å². The molecule has 1 aliphatic rings. The molecule has 45 heavy (non-hydrogen) atoms. The predicted molar refractivity (Wildman–Crippen MR) is 162 cm³/mol. The molecule has 0 fully saturated rings. The van der Waals surface area contributed by atoms with Crippen LogP contribution in [0.3, 0.4) is 0 Å². The Kier molecular flexibility index (Phi) is 11.2.